The highest BCUT2D eigenvalue weighted by Crippen LogP contribution is 2.18. The zero-order chi connectivity index (χ0) is 19.3. The molecule has 7 heteroatoms. The van der Waals surface area contributed by atoms with Crippen LogP contribution in [-0.2, 0) is 4.79 Å². The lowest BCUT2D eigenvalue weighted by molar-refractivity contribution is -0.384. The number of carbonyl (C=O) groups excluding carboxylic acids is 2. The predicted octanol–water partition coefficient (Wildman–Crippen LogP) is 3.30. The Morgan fingerprint density at radius 3 is 2.38 bits per heavy atom. The Bertz CT molecular complexity index is 833. The van der Waals surface area contributed by atoms with Crippen LogP contribution in [0.4, 0.5) is 11.4 Å². The Labute approximate surface area is 151 Å². The minimum absolute atomic E-state index is 0.118. The maximum Gasteiger partial charge on any atom is 0.271 e. The van der Waals surface area contributed by atoms with Crippen LogP contribution in [0.15, 0.2) is 48.5 Å². The zero-order valence-corrected chi connectivity index (χ0v) is 14.9. The standard InChI is InChI=1S/C19H21N3O4/c1-12(2)17(21-18(23)14-7-4-6-13(3)10-14)19(24)20-15-8-5-9-16(11-15)22(25)26/h4-12,17H,1-3H3,(H,20,24)(H,21,23). The smallest absolute Gasteiger partial charge is 0.271 e. The van der Waals surface area contributed by atoms with Crippen molar-refractivity contribution in [2.45, 2.75) is 26.8 Å². The molecule has 0 saturated carbocycles. The number of carbonyl (C=O) groups is 2. The fourth-order valence-corrected chi connectivity index (χ4v) is 2.46. The molecule has 2 N–H and O–H groups in total. The fraction of sp³-hybridized carbons (Fsp3) is 0.263. The number of anilines is 1. The first-order chi connectivity index (χ1) is 12.3. The van der Waals surface area contributed by atoms with E-state index in [0.717, 1.165) is 5.56 Å². The highest BCUT2D eigenvalue weighted by atomic mass is 16.6. The SMILES string of the molecule is Cc1cccc(C(=O)NC(C(=O)Nc2cccc([N+](=O)[O-])c2)C(C)C)c1. The van der Waals surface area contributed by atoms with E-state index in [2.05, 4.69) is 10.6 Å². The number of nitro groups is 1. The van der Waals surface area contributed by atoms with E-state index in [1.165, 1.54) is 18.2 Å². The molecule has 26 heavy (non-hydrogen) atoms. The number of nitro benzene ring substituents is 1. The van der Waals surface area contributed by atoms with Crippen LogP contribution in [0.1, 0.15) is 29.8 Å². The van der Waals surface area contributed by atoms with Crippen molar-refractivity contribution in [1.82, 2.24) is 5.32 Å². The molecule has 1 atom stereocenters. The Morgan fingerprint density at radius 1 is 1.08 bits per heavy atom. The van der Waals surface area contributed by atoms with Crippen molar-refractivity contribution in [3.8, 4) is 0 Å². The molecule has 0 spiro atoms. The van der Waals surface area contributed by atoms with Crippen LogP contribution in [0.5, 0.6) is 0 Å². The summed E-state index contributed by atoms with van der Waals surface area (Å²) < 4.78 is 0. The summed E-state index contributed by atoms with van der Waals surface area (Å²) in [6, 6.07) is 12.0. The molecule has 0 aliphatic rings. The van der Waals surface area contributed by atoms with Gasteiger partial charge in [0.2, 0.25) is 5.91 Å². The number of amides is 2. The van der Waals surface area contributed by atoms with Crippen LogP contribution in [0.2, 0.25) is 0 Å². The number of hydrogen-bond acceptors (Lipinski definition) is 4. The van der Waals surface area contributed by atoms with E-state index in [4.69, 9.17) is 0 Å². The normalized spacial score (nSPS) is 11.7. The summed E-state index contributed by atoms with van der Waals surface area (Å²) in [4.78, 5) is 35.3. The van der Waals surface area contributed by atoms with Gasteiger partial charge in [-0.25, -0.2) is 0 Å². The van der Waals surface area contributed by atoms with E-state index >= 15 is 0 Å². The summed E-state index contributed by atoms with van der Waals surface area (Å²) in [6.07, 6.45) is 0. The van der Waals surface area contributed by atoms with Crippen molar-refractivity contribution >= 4 is 23.2 Å². The van der Waals surface area contributed by atoms with Crippen molar-refractivity contribution in [2.75, 3.05) is 5.32 Å². The maximum absolute atomic E-state index is 12.6. The van der Waals surface area contributed by atoms with Crippen molar-refractivity contribution in [1.29, 1.82) is 0 Å². The minimum atomic E-state index is -0.776. The highest BCUT2D eigenvalue weighted by molar-refractivity contribution is 6.01. The van der Waals surface area contributed by atoms with Crippen LogP contribution >= 0.6 is 0 Å². The molecule has 0 heterocycles. The van der Waals surface area contributed by atoms with E-state index in [9.17, 15) is 19.7 Å². The maximum atomic E-state index is 12.6. The molecule has 0 radical (unpaired) electrons. The molecule has 0 fully saturated rings. The highest BCUT2D eigenvalue weighted by Gasteiger charge is 2.25. The van der Waals surface area contributed by atoms with Crippen molar-refractivity contribution in [3.05, 3.63) is 69.8 Å². The molecule has 1 unspecified atom stereocenters. The molecule has 136 valence electrons. The molecule has 0 bridgehead atoms. The Kier molecular flexibility index (Phi) is 6.06. The number of nitrogens with zero attached hydrogens (tertiary/aromatic N) is 1. The molecular weight excluding hydrogens is 334 g/mol. The van der Waals surface area contributed by atoms with E-state index in [0.29, 0.717) is 11.3 Å². The average Bonchev–Trinajstić information content (AvgIpc) is 2.59. The molecule has 0 saturated heterocycles. The first-order valence-corrected chi connectivity index (χ1v) is 8.21. The summed E-state index contributed by atoms with van der Waals surface area (Å²) in [5.74, 6) is -0.939. The summed E-state index contributed by atoms with van der Waals surface area (Å²) in [7, 11) is 0. The summed E-state index contributed by atoms with van der Waals surface area (Å²) in [5.41, 5.74) is 1.60. The van der Waals surface area contributed by atoms with Gasteiger partial charge in [0.25, 0.3) is 11.6 Å². The largest absolute Gasteiger partial charge is 0.340 e. The van der Waals surface area contributed by atoms with Gasteiger partial charge in [0, 0.05) is 23.4 Å². The van der Waals surface area contributed by atoms with E-state index in [1.807, 2.05) is 26.8 Å². The zero-order valence-electron chi connectivity index (χ0n) is 14.9. The lowest BCUT2D eigenvalue weighted by Crippen LogP contribution is -2.47. The van der Waals surface area contributed by atoms with Crippen LogP contribution in [0.25, 0.3) is 0 Å². The Hall–Kier alpha value is -3.22. The second-order valence-corrected chi connectivity index (χ2v) is 6.36. The lowest BCUT2D eigenvalue weighted by atomic mass is 10.0. The quantitative estimate of drug-likeness (QED) is 0.613. The fourth-order valence-electron chi connectivity index (χ4n) is 2.46. The molecule has 0 aliphatic heterocycles. The average molecular weight is 355 g/mol. The van der Waals surface area contributed by atoms with E-state index in [-0.39, 0.29) is 17.5 Å². The number of aryl methyl sites for hydroxylation is 1. The Morgan fingerprint density at radius 2 is 1.77 bits per heavy atom. The van der Waals surface area contributed by atoms with Gasteiger partial charge in [-0.3, -0.25) is 19.7 Å². The third-order valence-corrected chi connectivity index (χ3v) is 3.84. The van der Waals surface area contributed by atoms with Crippen LogP contribution in [-0.4, -0.2) is 22.8 Å². The summed E-state index contributed by atoms with van der Waals surface area (Å²) in [5, 5.41) is 16.2. The first kappa shape index (κ1) is 19.1. The van der Waals surface area contributed by atoms with Crippen molar-refractivity contribution < 1.29 is 14.5 Å². The number of nitrogens with one attached hydrogen (secondary N) is 2. The van der Waals surface area contributed by atoms with Gasteiger partial charge in [0.05, 0.1) is 4.92 Å². The number of hydrogen-bond donors (Lipinski definition) is 2. The second kappa shape index (κ2) is 8.24. The molecule has 0 aromatic heterocycles. The van der Waals surface area contributed by atoms with E-state index in [1.54, 1.807) is 24.3 Å². The second-order valence-electron chi connectivity index (χ2n) is 6.36. The van der Waals surface area contributed by atoms with Crippen LogP contribution in [0.3, 0.4) is 0 Å². The summed E-state index contributed by atoms with van der Waals surface area (Å²) in [6.45, 7) is 5.51. The van der Waals surface area contributed by atoms with Crippen LogP contribution in [0, 0.1) is 23.0 Å². The third-order valence-electron chi connectivity index (χ3n) is 3.84. The van der Waals surface area contributed by atoms with Gasteiger partial charge in [0.15, 0.2) is 0 Å². The summed E-state index contributed by atoms with van der Waals surface area (Å²) >= 11 is 0. The number of rotatable bonds is 6. The molecule has 7 nitrogen and oxygen atoms in total. The Balaban J connectivity index is 2.13. The minimum Gasteiger partial charge on any atom is -0.340 e. The molecular formula is C19H21N3O4. The molecule has 2 amide bonds. The van der Waals surface area contributed by atoms with Crippen molar-refractivity contribution in [2.24, 2.45) is 5.92 Å². The number of non-ortho nitro benzene ring substituents is 1. The topological polar surface area (TPSA) is 101 Å². The van der Waals surface area contributed by atoms with Gasteiger partial charge in [-0.2, -0.15) is 0 Å². The first-order valence-electron chi connectivity index (χ1n) is 8.21. The predicted molar refractivity (Wildman–Crippen MR) is 99.0 cm³/mol. The van der Waals surface area contributed by atoms with Gasteiger partial charge >= 0.3 is 0 Å². The van der Waals surface area contributed by atoms with Gasteiger partial charge < -0.3 is 10.6 Å². The molecule has 2 aromatic rings. The van der Waals surface area contributed by atoms with Gasteiger partial charge in [-0.05, 0) is 31.0 Å². The number of benzene rings is 2. The molecule has 0 aliphatic carbocycles. The molecule has 2 aromatic carbocycles. The molecule has 2 rings (SSSR count). The lowest BCUT2D eigenvalue weighted by Gasteiger charge is -2.22. The van der Waals surface area contributed by atoms with Gasteiger partial charge in [0.1, 0.15) is 6.04 Å². The van der Waals surface area contributed by atoms with E-state index < -0.39 is 16.9 Å². The van der Waals surface area contributed by atoms with Crippen molar-refractivity contribution in [3.63, 3.8) is 0 Å². The third kappa shape index (κ3) is 4.89. The van der Waals surface area contributed by atoms with Crippen LogP contribution < -0.4 is 10.6 Å². The monoisotopic (exact) mass is 355 g/mol. The van der Waals surface area contributed by atoms with Gasteiger partial charge in [-0.1, -0.05) is 37.6 Å². The van der Waals surface area contributed by atoms with Gasteiger partial charge in [-0.15, -0.1) is 0 Å².